The van der Waals surface area contributed by atoms with E-state index in [0.29, 0.717) is 17.9 Å². The molecular formula is C25H29NO5. The monoisotopic (exact) mass is 423 g/mol. The van der Waals surface area contributed by atoms with E-state index in [0.717, 1.165) is 43.4 Å². The largest absolute Gasteiger partial charge is 0.497 e. The second-order valence-electron chi connectivity index (χ2n) is 8.12. The molecule has 1 amide bonds. The lowest BCUT2D eigenvalue weighted by Crippen LogP contribution is -2.34. The Hall–Kier alpha value is -3.02. The molecule has 6 heteroatoms. The van der Waals surface area contributed by atoms with Crippen molar-refractivity contribution in [1.82, 2.24) is 4.90 Å². The Morgan fingerprint density at radius 3 is 2.55 bits per heavy atom. The average molecular weight is 424 g/mol. The van der Waals surface area contributed by atoms with Crippen LogP contribution in [0.1, 0.15) is 58.8 Å². The minimum absolute atomic E-state index is 0.125. The Labute approximate surface area is 183 Å². The molecule has 6 nitrogen and oxygen atoms in total. The van der Waals surface area contributed by atoms with Gasteiger partial charge in [-0.15, -0.1) is 0 Å². The van der Waals surface area contributed by atoms with Crippen LogP contribution in [0.4, 0.5) is 0 Å². The van der Waals surface area contributed by atoms with Crippen LogP contribution >= 0.6 is 0 Å². The number of methoxy groups -OCH3 is 2. The number of hydrogen-bond acceptors (Lipinski definition) is 5. The molecule has 1 atom stereocenters. The first-order chi connectivity index (χ1) is 15.1. The minimum Gasteiger partial charge on any atom is -0.497 e. The maximum Gasteiger partial charge on any atom is 0.338 e. The zero-order chi connectivity index (χ0) is 21.8. The van der Waals surface area contributed by atoms with Gasteiger partial charge in [-0.3, -0.25) is 4.79 Å². The molecule has 2 aromatic carbocycles. The summed E-state index contributed by atoms with van der Waals surface area (Å²) in [5.74, 6) is 0.792. The van der Waals surface area contributed by atoms with Gasteiger partial charge < -0.3 is 19.1 Å². The number of nitrogens with zero attached hydrogens (tertiary/aromatic N) is 1. The molecule has 0 spiro atoms. The van der Waals surface area contributed by atoms with Crippen molar-refractivity contribution in [2.24, 2.45) is 0 Å². The number of rotatable bonds is 6. The number of carbonyl (C=O) groups excluding carboxylic acids is 2. The van der Waals surface area contributed by atoms with Crippen molar-refractivity contribution in [3.8, 4) is 11.5 Å². The van der Waals surface area contributed by atoms with Crippen LogP contribution in [0, 0.1) is 0 Å². The molecule has 31 heavy (non-hydrogen) atoms. The highest BCUT2D eigenvalue weighted by Gasteiger charge is 2.32. The van der Waals surface area contributed by atoms with Crippen molar-refractivity contribution >= 4 is 11.9 Å². The van der Waals surface area contributed by atoms with Gasteiger partial charge in [-0.25, -0.2) is 4.79 Å². The molecule has 0 radical (unpaired) electrons. The highest BCUT2D eigenvalue weighted by Crippen LogP contribution is 2.39. The standard InChI is InChI=1S/C25H29NO5/c1-29-20-11-12-23(30-2)21(15-20)22-8-5-13-26(22)24(27)16-31-25(28)19-10-9-17-6-3-4-7-18(17)14-19/h9-12,14-15,22H,3-8,13,16H2,1-2H3. The first kappa shape index (κ1) is 21.2. The van der Waals surface area contributed by atoms with Crippen molar-refractivity contribution < 1.29 is 23.8 Å². The van der Waals surface area contributed by atoms with Crippen LogP contribution in [-0.4, -0.2) is 44.1 Å². The Bertz CT molecular complexity index is 970. The van der Waals surface area contributed by atoms with Crippen LogP contribution < -0.4 is 9.47 Å². The molecule has 0 bridgehead atoms. The first-order valence-electron chi connectivity index (χ1n) is 10.9. The summed E-state index contributed by atoms with van der Waals surface area (Å²) in [6.45, 7) is 0.360. The van der Waals surface area contributed by atoms with E-state index >= 15 is 0 Å². The quantitative estimate of drug-likeness (QED) is 0.655. The fourth-order valence-electron chi connectivity index (χ4n) is 4.64. The third-order valence-corrected chi connectivity index (χ3v) is 6.28. The third-order valence-electron chi connectivity index (χ3n) is 6.28. The van der Waals surface area contributed by atoms with E-state index < -0.39 is 5.97 Å². The van der Waals surface area contributed by atoms with Crippen LogP contribution in [0.3, 0.4) is 0 Å². The van der Waals surface area contributed by atoms with Gasteiger partial charge in [-0.2, -0.15) is 0 Å². The Morgan fingerprint density at radius 2 is 1.77 bits per heavy atom. The van der Waals surface area contributed by atoms with Crippen molar-refractivity contribution in [3.63, 3.8) is 0 Å². The Balaban J connectivity index is 1.43. The second-order valence-corrected chi connectivity index (χ2v) is 8.12. The lowest BCUT2D eigenvalue weighted by Gasteiger charge is -2.26. The maximum absolute atomic E-state index is 12.9. The summed E-state index contributed by atoms with van der Waals surface area (Å²) in [5.41, 5.74) is 3.96. The molecule has 1 saturated heterocycles. The predicted octanol–water partition coefficient (Wildman–Crippen LogP) is 4.10. The topological polar surface area (TPSA) is 65.1 Å². The first-order valence-corrected chi connectivity index (χ1v) is 10.9. The molecule has 0 N–H and O–H groups in total. The number of benzene rings is 2. The summed E-state index contributed by atoms with van der Waals surface area (Å²) in [6.07, 6.45) is 6.11. The van der Waals surface area contributed by atoms with E-state index in [9.17, 15) is 9.59 Å². The zero-order valence-corrected chi connectivity index (χ0v) is 18.2. The minimum atomic E-state index is -0.448. The molecule has 0 aromatic heterocycles. The van der Waals surface area contributed by atoms with Crippen molar-refractivity contribution in [2.75, 3.05) is 27.4 Å². The fourth-order valence-corrected chi connectivity index (χ4v) is 4.64. The van der Waals surface area contributed by atoms with Gasteiger partial charge in [-0.1, -0.05) is 6.07 Å². The third kappa shape index (κ3) is 4.53. The molecule has 1 aliphatic carbocycles. The van der Waals surface area contributed by atoms with E-state index in [1.54, 1.807) is 25.2 Å². The number of carbonyl (C=O) groups is 2. The maximum atomic E-state index is 12.9. The predicted molar refractivity (Wildman–Crippen MR) is 117 cm³/mol. The molecule has 1 fully saturated rings. The Morgan fingerprint density at radius 1 is 0.968 bits per heavy atom. The number of esters is 1. The van der Waals surface area contributed by atoms with Crippen LogP contribution in [0.25, 0.3) is 0 Å². The fraction of sp³-hybridized carbons (Fsp3) is 0.440. The second kappa shape index (κ2) is 9.41. The van der Waals surface area contributed by atoms with Crippen LogP contribution in [-0.2, 0) is 22.4 Å². The van der Waals surface area contributed by atoms with Crippen molar-refractivity contribution in [1.29, 1.82) is 0 Å². The van der Waals surface area contributed by atoms with Gasteiger partial charge >= 0.3 is 5.97 Å². The lowest BCUT2D eigenvalue weighted by molar-refractivity contribution is -0.135. The van der Waals surface area contributed by atoms with Crippen molar-refractivity contribution in [2.45, 2.75) is 44.6 Å². The summed E-state index contributed by atoms with van der Waals surface area (Å²) in [5, 5.41) is 0. The van der Waals surface area contributed by atoms with E-state index in [4.69, 9.17) is 14.2 Å². The Kier molecular flexibility index (Phi) is 6.44. The van der Waals surface area contributed by atoms with Crippen LogP contribution in [0.2, 0.25) is 0 Å². The molecule has 164 valence electrons. The van der Waals surface area contributed by atoms with Gasteiger partial charge in [0.2, 0.25) is 0 Å². The number of likely N-dealkylation sites (tertiary alicyclic amines) is 1. The summed E-state index contributed by atoms with van der Waals surface area (Å²) >= 11 is 0. The highest BCUT2D eigenvalue weighted by atomic mass is 16.5. The van der Waals surface area contributed by atoms with E-state index in [1.807, 2.05) is 30.3 Å². The highest BCUT2D eigenvalue weighted by molar-refractivity contribution is 5.91. The summed E-state index contributed by atoms with van der Waals surface area (Å²) < 4.78 is 16.2. The van der Waals surface area contributed by atoms with Crippen LogP contribution in [0.15, 0.2) is 36.4 Å². The van der Waals surface area contributed by atoms with E-state index in [-0.39, 0.29) is 18.6 Å². The van der Waals surface area contributed by atoms with Gasteiger partial charge in [0.25, 0.3) is 5.91 Å². The summed E-state index contributed by atoms with van der Waals surface area (Å²) in [4.78, 5) is 27.3. The molecule has 1 aliphatic heterocycles. The van der Waals surface area contributed by atoms with Gasteiger partial charge in [0.1, 0.15) is 11.5 Å². The number of aryl methyl sites for hydroxylation is 2. The summed E-state index contributed by atoms with van der Waals surface area (Å²) in [6, 6.07) is 11.2. The van der Waals surface area contributed by atoms with Crippen molar-refractivity contribution in [3.05, 3.63) is 58.7 Å². The zero-order valence-electron chi connectivity index (χ0n) is 18.2. The smallest absolute Gasteiger partial charge is 0.338 e. The molecule has 1 heterocycles. The van der Waals surface area contributed by atoms with Gasteiger partial charge in [0.15, 0.2) is 6.61 Å². The van der Waals surface area contributed by atoms with Crippen LogP contribution in [0.5, 0.6) is 11.5 Å². The van der Waals surface area contributed by atoms with E-state index in [1.165, 1.54) is 17.5 Å². The van der Waals surface area contributed by atoms with Gasteiger partial charge in [0, 0.05) is 12.1 Å². The molecule has 4 rings (SSSR count). The van der Waals surface area contributed by atoms with Gasteiger partial charge in [0.05, 0.1) is 25.8 Å². The lowest BCUT2D eigenvalue weighted by atomic mass is 9.90. The number of amides is 1. The summed E-state index contributed by atoms with van der Waals surface area (Å²) in [7, 11) is 3.23. The van der Waals surface area contributed by atoms with Gasteiger partial charge in [-0.05, 0) is 80.0 Å². The SMILES string of the molecule is COc1ccc(OC)c(C2CCCN2C(=O)COC(=O)c2ccc3c(c2)CCCC3)c1. The molecule has 0 saturated carbocycles. The number of ether oxygens (including phenoxy) is 3. The number of fused-ring (bicyclic) bond motifs is 1. The molecular weight excluding hydrogens is 394 g/mol. The number of hydrogen-bond donors (Lipinski definition) is 0. The van der Waals surface area contributed by atoms with E-state index in [2.05, 4.69) is 0 Å². The molecule has 1 unspecified atom stereocenters. The normalized spacial score (nSPS) is 17.7. The molecule has 2 aromatic rings. The average Bonchev–Trinajstić information content (AvgIpc) is 3.31. The molecule has 2 aliphatic rings.